The lowest BCUT2D eigenvalue weighted by Gasteiger charge is -2.18. The summed E-state index contributed by atoms with van der Waals surface area (Å²) in [6, 6.07) is 7.29. The second kappa shape index (κ2) is 8.16. The number of nitrogens with zero attached hydrogens (tertiary/aromatic N) is 1. The number of rotatable bonds is 8. The largest absolute Gasteiger partial charge is 0.481 e. The minimum atomic E-state index is -0.881. The highest BCUT2D eigenvalue weighted by Gasteiger charge is 2.26. The van der Waals surface area contributed by atoms with Crippen molar-refractivity contribution in [3.8, 4) is 11.3 Å². The molecule has 0 aliphatic rings. The SMILES string of the molecule is CC(C)(CCNC(=O)CCc1ncc(-c2ccccc2Cl)o1)C(=O)O. The molecule has 0 bridgehead atoms. The number of hydrogen-bond donors (Lipinski definition) is 2. The quantitative estimate of drug-likeness (QED) is 0.747. The molecule has 1 heterocycles. The molecule has 0 aliphatic heterocycles. The van der Waals surface area contributed by atoms with Gasteiger partial charge in [-0.05, 0) is 32.4 Å². The van der Waals surface area contributed by atoms with Gasteiger partial charge in [-0.3, -0.25) is 9.59 Å². The number of oxazole rings is 1. The molecule has 2 N–H and O–H groups in total. The van der Waals surface area contributed by atoms with Crippen LogP contribution in [0.15, 0.2) is 34.9 Å². The fraction of sp³-hybridized carbons (Fsp3) is 0.389. The molecule has 1 amide bonds. The molecule has 0 saturated heterocycles. The zero-order chi connectivity index (χ0) is 18.4. The van der Waals surface area contributed by atoms with E-state index >= 15 is 0 Å². The van der Waals surface area contributed by atoms with Gasteiger partial charge in [-0.25, -0.2) is 4.98 Å². The molecular weight excluding hydrogens is 344 g/mol. The Morgan fingerprint density at radius 1 is 1.32 bits per heavy atom. The zero-order valence-electron chi connectivity index (χ0n) is 14.2. The number of aliphatic carboxylic acids is 1. The van der Waals surface area contributed by atoms with Gasteiger partial charge in [0.25, 0.3) is 0 Å². The number of benzene rings is 1. The summed E-state index contributed by atoms with van der Waals surface area (Å²) in [7, 11) is 0. The van der Waals surface area contributed by atoms with Crippen LogP contribution < -0.4 is 5.32 Å². The van der Waals surface area contributed by atoms with Crippen molar-refractivity contribution in [2.75, 3.05) is 6.54 Å². The number of aromatic nitrogens is 1. The molecular formula is C18H21ClN2O4. The normalized spacial score (nSPS) is 11.3. The molecule has 0 fully saturated rings. The molecule has 0 spiro atoms. The second-order valence-corrected chi connectivity index (χ2v) is 6.79. The first kappa shape index (κ1) is 19.0. The van der Waals surface area contributed by atoms with Crippen LogP contribution in [0.3, 0.4) is 0 Å². The number of hydrogen-bond acceptors (Lipinski definition) is 4. The van der Waals surface area contributed by atoms with Crippen molar-refractivity contribution in [1.82, 2.24) is 10.3 Å². The smallest absolute Gasteiger partial charge is 0.309 e. The maximum Gasteiger partial charge on any atom is 0.309 e. The fourth-order valence-electron chi connectivity index (χ4n) is 2.14. The third-order valence-electron chi connectivity index (χ3n) is 3.91. The summed E-state index contributed by atoms with van der Waals surface area (Å²) in [5.41, 5.74) is -0.108. The number of carboxylic acid groups (broad SMARTS) is 1. The topological polar surface area (TPSA) is 92.4 Å². The first-order valence-corrected chi connectivity index (χ1v) is 8.37. The number of amides is 1. The van der Waals surface area contributed by atoms with Gasteiger partial charge >= 0.3 is 5.97 Å². The highest BCUT2D eigenvalue weighted by atomic mass is 35.5. The van der Waals surface area contributed by atoms with E-state index in [-0.39, 0.29) is 12.3 Å². The number of halogens is 1. The molecule has 0 saturated carbocycles. The van der Waals surface area contributed by atoms with Crippen LogP contribution in [0.5, 0.6) is 0 Å². The predicted molar refractivity (Wildman–Crippen MR) is 94.3 cm³/mol. The Kier molecular flexibility index (Phi) is 6.20. The van der Waals surface area contributed by atoms with Gasteiger partial charge in [-0.2, -0.15) is 0 Å². The van der Waals surface area contributed by atoms with Crippen LogP contribution in [0.4, 0.5) is 0 Å². The second-order valence-electron chi connectivity index (χ2n) is 6.39. The molecule has 25 heavy (non-hydrogen) atoms. The minimum absolute atomic E-state index is 0.168. The van der Waals surface area contributed by atoms with Crippen LogP contribution in [0, 0.1) is 5.41 Å². The van der Waals surface area contributed by atoms with E-state index in [1.807, 2.05) is 18.2 Å². The van der Waals surface area contributed by atoms with Gasteiger partial charge in [0, 0.05) is 24.9 Å². The van der Waals surface area contributed by atoms with Gasteiger partial charge in [0.15, 0.2) is 11.7 Å². The third kappa shape index (κ3) is 5.32. The summed E-state index contributed by atoms with van der Waals surface area (Å²) in [6.07, 6.45) is 2.53. The Hall–Kier alpha value is -2.34. The number of nitrogens with one attached hydrogen (secondary N) is 1. The first-order valence-electron chi connectivity index (χ1n) is 7.99. The van der Waals surface area contributed by atoms with E-state index in [9.17, 15) is 9.59 Å². The zero-order valence-corrected chi connectivity index (χ0v) is 15.0. The van der Waals surface area contributed by atoms with E-state index in [4.69, 9.17) is 21.1 Å². The summed E-state index contributed by atoms with van der Waals surface area (Å²) in [5.74, 6) is -0.0347. The molecule has 134 valence electrons. The van der Waals surface area contributed by atoms with Crippen LogP contribution in [0.2, 0.25) is 5.02 Å². The summed E-state index contributed by atoms with van der Waals surface area (Å²) >= 11 is 6.12. The highest BCUT2D eigenvalue weighted by Crippen LogP contribution is 2.28. The van der Waals surface area contributed by atoms with Gasteiger partial charge in [0.2, 0.25) is 5.91 Å². The number of carbonyl (C=O) groups excluding carboxylic acids is 1. The Morgan fingerprint density at radius 3 is 2.72 bits per heavy atom. The van der Waals surface area contributed by atoms with Crippen LogP contribution in [-0.2, 0) is 16.0 Å². The van der Waals surface area contributed by atoms with Crippen molar-refractivity contribution in [2.24, 2.45) is 5.41 Å². The van der Waals surface area contributed by atoms with Crippen LogP contribution in [0.1, 0.15) is 32.6 Å². The van der Waals surface area contributed by atoms with Crippen molar-refractivity contribution in [2.45, 2.75) is 33.1 Å². The molecule has 0 aliphatic carbocycles. The highest BCUT2D eigenvalue weighted by molar-refractivity contribution is 6.33. The monoisotopic (exact) mass is 364 g/mol. The lowest BCUT2D eigenvalue weighted by atomic mass is 9.90. The number of carbonyl (C=O) groups is 2. The van der Waals surface area contributed by atoms with Gasteiger partial charge < -0.3 is 14.8 Å². The van der Waals surface area contributed by atoms with E-state index in [0.717, 1.165) is 5.56 Å². The molecule has 1 aromatic heterocycles. The van der Waals surface area contributed by atoms with Gasteiger partial charge in [-0.15, -0.1) is 0 Å². The van der Waals surface area contributed by atoms with Crippen LogP contribution in [-0.4, -0.2) is 28.5 Å². The Labute approximate surface area is 151 Å². The van der Waals surface area contributed by atoms with Crippen LogP contribution in [0.25, 0.3) is 11.3 Å². The first-order chi connectivity index (χ1) is 11.8. The Balaban J connectivity index is 1.81. The summed E-state index contributed by atoms with van der Waals surface area (Å²) in [6.45, 7) is 3.57. The van der Waals surface area contributed by atoms with Crippen molar-refractivity contribution >= 4 is 23.5 Å². The molecule has 2 rings (SSSR count). The third-order valence-corrected chi connectivity index (χ3v) is 4.24. The molecule has 1 aromatic carbocycles. The molecule has 6 nitrogen and oxygen atoms in total. The molecule has 0 unspecified atom stereocenters. The van der Waals surface area contributed by atoms with Crippen molar-refractivity contribution in [3.05, 3.63) is 41.4 Å². The van der Waals surface area contributed by atoms with Crippen molar-refractivity contribution in [3.63, 3.8) is 0 Å². The summed E-state index contributed by atoms with van der Waals surface area (Å²) < 4.78 is 5.64. The van der Waals surface area contributed by atoms with Gasteiger partial charge in [0.05, 0.1) is 16.6 Å². The average molecular weight is 365 g/mol. The van der Waals surface area contributed by atoms with E-state index in [1.165, 1.54) is 0 Å². The summed E-state index contributed by atoms with van der Waals surface area (Å²) in [4.78, 5) is 27.0. The number of aryl methyl sites for hydroxylation is 1. The van der Waals surface area contributed by atoms with E-state index in [2.05, 4.69) is 10.3 Å². The minimum Gasteiger partial charge on any atom is -0.481 e. The lowest BCUT2D eigenvalue weighted by molar-refractivity contribution is -0.147. The summed E-state index contributed by atoms with van der Waals surface area (Å²) in [5, 5.41) is 12.3. The fourth-order valence-corrected chi connectivity index (χ4v) is 2.37. The molecule has 0 atom stereocenters. The van der Waals surface area contributed by atoms with Crippen LogP contribution >= 0.6 is 11.6 Å². The Morgan fingerprint density at radius 2 is 2.04 bits per heavy atom. The lowest BCUT2D eigenvalue weighted by Crippen LogP contribution is -2.32. The van der Waals surface area contributed by atoms with E-state index in [0.29, 0.717) is 36.1 Å². The molecule has 7 heteroatoms. The van der Waals surface area contributed by atoms with Crippen molar-refractivity contribution < 1.29 is 19.1 Å². The van der Waals surface area contributed by atoms with Gasteiger partial charge in [-0.1, -0.05) is 23.7 Å². The standard InChI is InChI=1S/C18H21ClN2O4/c1-18(2,17(23)24)9-10-20-15(22)7-8-16-21-11-14(25-16)12-5-3-4-6-13(12)19/h3-6,11H,7-10H2,1-2H3,(H,20,22)(H,23,24). The van der Waals surface area contributed by atoms with Gasteiger partial charge in [0.1, 0.15) is 0 Å². The average Bonchev–Trinajstić information content (AvgIpc) is 3.02. The molecule has 2 aromatic rings. The number of carboxylic acids is 1. The maximum absolute atomic E-state index is 11.9. The molecule has 0 radical (unpaired) electrons. The maximum atomic E-state index is 11.9. The Bertz CT molecular complexity index is 755. The predicted octanol–water partition coefficient (Wildman–Crippen LogP) is 3.54. The van der Waals surface area contributed by atoms with Crippen molar-refractivity contribution in [1.29, 1.82) is 0 Å². The van der Waals surface area contributed by atoms with E-state index < -0.39 is 11.4 Å². The van der Waals surface area contributed by atoms with E-state index in [1.54, 1.807) is 26.1 Å².